The Balaban J connectivity index is 1.63. The molecule has 7 heteroatoms. The molecule has 0 unspecified atom stereocenters. The Bertz CT molecular complexity index is 977. The molecular formula is C24H29NO6. The molecule has 0 spiro atoms. The number of rotatable bonds is 6. The Hall–Kier alpha value is -2.96. The van der Waals surface area contributed by atoms with Crippen molar-refractivity contribution in [2.24, 2.45) is 0 Å². The molecule has 2 aromatic rings. The van der Waals surface area contributed by atoms with Gasteiger partial charge in [0.2, 0.25) is 5.75 Å². The number of hydrogen-bond donors (Lipinski definition) is 1. The molecule has 0 radical (unpaired) electrons. The van der Waals surface area contributed by atoms with Crippen molar-refractivity contribution in [3.8, 4) is 17.2 Å². The van der Waals surface area contributed by atoms with E-state index in [1.807, 2.05) is 19.1 Å². The molecule has 2 aliphatic rings. The van der Waals surface area contributed by atoms with Crippen LogP contribution in [-0.4, -0.2) is 44.2 Å². The highest BCUT2D eigenvalue weighted by Gasteiger charge is 2.34. The van der Waals surface area contributed by atoms with E-state index in [4.69, 9.17) is 18.9 Å². The molecule has 1 aromatic heterocycles. The highest BCUT2D eigenvalue weighted by Crippen LogP contribution is 2.43. The SMILES string of the molecule is COc1cc([C@H]2CC(=O)c3c([nH]c(C(=O)OC4CCCC4)c3C)C2)cc(OC)c1OC. The van der Waals surface area contributed by atoms with Gasteiger partial charge >= 0.3 is 5.97 Å². The van der Waals surface area contributed by atoms with Gasteiger partial charge < -0.3 is 23.9 Å². The van der Waals surface area contributed by atoms with E-state index in [9.17, 15) is 9.59 Å². The summed E-state index contributed by atoms with van der Waals surface area (Å²) in [6.45, 7) is 1.82. The van der Waals surface area contributed by atoms with E-state index in [-0.39, 0.29) is 23.8 Å². The predicted octanol–water partition coefficient (Wildman–Crippen LogP) is 4.36. The van der Waals surface area contributed by atoms with Gasteiger partial charge in [0.25, 0.3) is 0 Å². The molecule has 2 aliphatic carbocycles. The van der Waals surface area contributed by atoms with E-state index in [2.05, 4.69) is 4.98 Å². The van der Waals surface area contributed by atoms with Gasteiger partial charge in [-0.1, -0.05) is 0 Å². The van der Waals surface area contributed by atoms with Gasteiger partial charge in [-0.2, -0.15) is 0 Å². The van der Waals surface area contributed by atoms with E-state index >= 15 is 0 Å². The Morgan fingerprint density at radius 1 is 1.00 bits per heavy atom. The smallest absolute Gasteiger partial charge is 0.355 e. The number of carbonyl (C=O) groups excluding carboxylic acids is 2. The molecular weight excluding hydrogens is 398 g/mol. The molecule has 1 saturated carbocycles. The molecule has 1 heterocycles. The molecule has 1 aromatic carbocycles. The molecule has 0 saturated heterocycles. The average Bonchev–Trinajstić information content (AvgIpc) is 3.40. The van der Waals surface area contributed by atoms with Crippen molar-refractivity contribution >= 4 is 11.8 Å². The summed E-state index contributed by atoms with van der Waals surface area (Å²) < 4.78 is 22.0. The highest BCUT2D eigenvalue weighted by molar-refractivity contribution is 6.03. The van der Waals surface area contributed by atoms with Crippen LogP contribution in [0.4, 0.5) is 0 Å². The number of carbonyl (C=O) groups is 2. The van der Waals surface area contributed by atoms with Crippen LogP contribution in [0.15, 0.2) is 12.1 Å². The molecule has 7 nitrogen and oxygen atoms in total. The summed E-state index contributed by atoms with van der Waals surface area (Å²) in [7, 11) is 4.70. The molecule has 166 valence electrons. The molecule has 31 heavy (non-hydrogen) atoms. The summed E-state index contributed by atoms with van der Waals surface area (Å²) in [4.78, 5) is 29.0. The van der Waals surface area contributed by atoms with Crippen molar-refractivity contribution in [3.63, 3.8) is 0 Å². The number of ketones is 1. The number of methoxy groups -OCH3 is 3. The lowest BCUT2D eigenvalue weighted by Crippen LogP contribution is -2.19. The van der Waals surface area contributed by atoms with E-state index in [0.29, 0.717) is 46.9 Å². The van der Waals surface area contributed by atoms with Gasteiger partial charge in [0.05, 0.1) is 21.3 Å². The Morgan fingerprint density at radius 2 is 1.65 bits per heavy atom. The normalized spacial score (nSPS) is 18.6. The summed E-state index contributed by atoms with van der Waals surface area (Å²) >= 11 is 0. The van der Waals surface area contributed by atoms with Gasteiger partial charge in [0.1, 0.15) is 11.8 Å². The first-order valence-electron chi connectivity index (χ1n) is 10.7. The average molecular weight is 427 g/mol. The first-order chi connectivity index (χ1) is 15.0. The number of ether oxygens (including phenoxy) is 4. The first kappa shape index (κ1) is 21.3. The zero-order valence-corrected chi connectivity index (χ0v) is 18.5. The number of fused-ring (bicyclic) bond motifs is 1. The first-order valence-corrected chi connectivity index (χ1v) is 10.7. The molecule has 4 rings (SSSR count). The summed E-state index contributed by atoms with van der Waals surface area (Å²) in [6, 6.07) is 3.77. The topological polar surface area (TPSA) is 86.9 Å². The maximum atomic E-state index is 13.0. The van der Waals surface area contributed by atoms with Crippen molar-refractivity contribution in [3.05, 3.63) is 40.2 Å². The summed E-state index contributed by atoms with van der Waals surface area (Å²) in [6.07, 6.45) is 4.94. The fourth-order valence-corrected chi connectivity index (χ4v) is 4.83. The maximum absolute atomic E-state index is 13.0. The van der Waals surface area contributed by atoms with Crippen LogP contribution >= 0.6 is 0 Å². The van der Waals surface area contributed by atoms with Crippen LogP contribution in [0.5, 0.6) is 17.2 Å². The second-order valence-electron chi connectivity index (χ2n) is 8.28. The fourth-order valence-electron chi connectivity index (χ4n) is 4.83. The second kappa shape index (κ2) is 8.65. The van der Waals surface area contributed by atoms with Crippen LogP contribution in [0.25, 0.3) is 0 Å². The molecule has 0 amide bonds. The summed E-state index contributed by atoms with van der Waals surface area (Å²) in [5.74, 6) is 1.22. The third kappa shape index (κ3) is 3.89. The van der Waals surface area contributed by atoms with Gasteiger partial charge in [-0.3, -0.25) is 4.79 Å². The number of aromatic amines is 1. The minimum absolute atomic E-state index is 0.0186. The van der Waals surface area contributed by atoms with Gasteiger partial charge in [-0.25, -0.2) is 4.79 Å². The monoisotopic (exact) mass is 427 g/mol. The van der Waals surface area contributed by atoms with Crippen molar-refractivity contribution in [2.75, 3.05) is 21.3 Å². The number of nitrogens with one attached hydrogen (secondary N) is 1. The van der Waals surface area contributed by atoms with E-state index in [1.54, 1.807) is 21.3 Å². The van der Waals surface area contributed by atoms with Gasteiger partial charge in [0, 0.05) is 17.7 Å². The molecule has 1 fully saturated rings. The fraction of sp³-hybridized carbons (Fsp3) is 0.500. The van der Waals surface area contributed by atoms with Crippen LogP contribution in [0, 0.1) is 6.92 Å². The number of Topliss-reactive ketones (excluding diaryl/α,β-unsaturated/α-hetero) is 1. The van der Waals surface area contributed by atoms with Crippen molar-refractivity contribution in [1.82, 2.24) is 4.98 Å². The molecule has 0 aliphatic heterocycles. The minimum Gasteiger partial charge on any atom is -0.493 e. The van der Waals surface area contributed by atoms with Gasteiger partial charge in [-0.05, 0) is 68.2 Å². The number of benzene rings is 1. The molecule has 1 atom stereocenters. The molecule has 1 N–H and O–H groups in total. The van der Waals surface area contributed by atoms with Crippen molar-refractivity contribution in [1.29, 1.82) is 0 Å². The standard InChI is InChI=1S/C24H29NO6/c1-13-21-17(25-22(13)24(27)31-16-7-5-6-8-16)9-14(10-18(21)26)15-11-19(28-2)23(30-4)20(12-15)29-3/h11-12,14,16,25H,5-10H2,1-4H3/t14-/m1/s1. The van der Waals surface area contributed by atoms with Crippen LogP contribution in [0.3, 0.4) is 0 Å². The van der Waals surface area contributed by atoms with Crippen molar-refractivity contribution < 1.29 is 28.5 Å². The van der Waals surface area contributed by atoms with Gasteiger partial charge in [0.15, 0.2) is 17.3 Å². The zero-order chi connectivity index (χ0) is 22.1. The number of aromatic nitrogens is 1. The quantitative estimate of drug-likeness (QED) is 0.690. The Labute approximate surface area is 182 Å². The van der Waals surface area contributed by atoms with Crippen LogP contribution in [0.2, 0.25) is 0 Å². The highest BCUT2D eigenvalue weighted by atomic mass is 16.5. The Kier molecular flexibility index (Phi) is 5.94. The predicted molar refractivity (Wildman–Crippen MR) is 115 cm³/mol. The minimum atomic E-state index is -0.365. The van der Waals surface area contributed by atoms with Crippen LogP contribution < -0.4 is 14.2 Å². The van der Waals surface area contributed by atoms with E-state index in [1.165, 1.54) is 0 Å². The van der Waals surface area contributed by atoms with Crippen LogP contribution in [-0.2, 0) is 11.2 Å². The van der Waals surface area contributed by atoms with Crippen LogP contribution in [0.1, 0.15) is 75.7 Å². The summed E-state index contributed by atoms with van der Waals surface area (Å²) in [5, 5.41) is 0. The number of hydrogen-bond acceptors (Lipinski definition) is 6. The third-order valence-electron chi connectivity index (χ3n) is 6.43. The second-order valence-corrected chi connectivity index (χ2v) is 8.28. The molecule has 0 bridgehead atoms. The zero-order valence-electron chi connectivity index (χ0n) is 18.5. The third-order valence-corrected chi connectivity index (χ3v) is 6.43. The lowest BCUT2D eigenvalue weighted by molar-refractivity contribution is 0.0310. The number of H-pyrrole nitrogens is 1. The lowest BCUT2D eigenvalue weighted by Gasteiger charge is -2.24. The largest absolute Gasteiger partial charge is 0.493 e. The van der Waals surface area contributed by atoms with Gasteiger partial charge in [-0.15, -0.1) is 0 Å². The van der Waals surface area contributed by atoms with E-state index in [0.717, 1.165) is 36.9 Å². The lowest BCUT2D eigenvalue weighted by atomic mass is 9.81. The van der Waals surface area contributed by atoms with E-state index < -0.39 is 0 Å². The maximum Gasteiger partial charge on any atom is 0.355 e. The number of esters is 1. The Morgan fingerprint density at radius 3 is 2.23 bits per heavy atom. The summed E-state index contributed by atoms with van der Waals surface area (Å²) in [5.41, 5.74) is 3.42. The van der Waals surface area contributed by atoms with Crippen molar-refractivity contribution in [2.45, 2.75) is 57.5 Å².